The average Bonchev–Trinajstić information content (AvgIpc) is 2.36. The minimum atomic E-state index is -0.739. The summed E-state index contributed by atoms with van der Waals surface area (Å²) in [7, 11) is 0. The van der Waals surface area contributed by atoms with E-state index in [0.29, 0.717) is 17.2 Å². The number of aromatic nitrogens is 1. The summed E-state index contributed by atoms with van der Waals surface area (Å²) in [4.78, 5) is 10.9. The van der Waals surface area contributed by atoms with E-state index in [4.69, 9.17) is 9.26 Å². The van der Waals surface area contributed by atoms with Crippen molar-refractivity contribution in [2.24, 2.45) is 0 Å². The van der Waals surface area contributed by atoms with Gasteiger partial charge in [-0.3, -0.25) is 0 Å². The highest BCUT2D eigenvalue weighted by Crippen LogP contribution is 2.21. The zero-order valence-electron chi connectivity index (χ0n) is 7.79. The average molecular weight is 185 g/mol. The van der Waals surface area contributed by atoms with E-state index in [9.17, 15) is 4.79 Å². The van der Waals surface area contributed by atoms with Crippen LogP contribution in [0.2, 0.25) is 0 Å². The summed E-state index contributed by atoms with van der Waals surface area (Å²) in [5.41, 5.74) is 0.533. The van der Waals surface area contributed by atoms with Crippen molar-refractivity contribution in [2.75, 3.05) is 6.61 Å². The van der Waals surface area contributed by atoms with Crippen LogP contribution in [0.3, 0.4) is 0 Å². The first-order valence-corrected chi connectivity index (χ1v) is 3.92. The van der Waals surface area contributed by atoms with Crippen molar-refractivity contribution >= 4 is 6.16 Å². The SMILES string of the molecule is CCOC(=O)Oc1c(C)noc1C. The maximum Gasteiger partial charge on any atom is 0.514 e. The summed E-state index contributed by atoms with van der Waals surface area (Å²) in [6.07, 6.45) is -0.739. The van der Waals surface area contributed by atoms with Gasteiger partial charge in [0.1, 0.15) is 5.69 Å². The van der Waals surface area contributed by atoms with E-state index in [0.717, 1.165) is 0 Å². The van der Waals surface area contributed by atoms with Crippen molar-refractivity contribution < 1.29 is 18.8 Å². The molecule has 1 aromatic heterocycles. The Kier molecular flexibility index (Phi) is 2.89. The molecular formula is C8H11NO4. The van der Waals surface area contributed by atoms with Gasteiger partial charge in [-0.05, 0) is 13.8 Å². The van der Waals surface area contributed by atoms with E-state index in [2.05, 4.69) is 9.89 Å². The number of ether oxygens (including phenoxy) is 2. The van der Waals surface area contributed by atoms with Crippen molar-refractivity contribution in [1.29, 1.82) is 0 Å². The minimum absolute atomic E-state index is 0.280. The van der Waals surface area contributed by atoms with Crippen LogP contribution in [0, 0.1) is 13.8 Å². The fourth-order valence-electron chi connectivity index (χ4n) is 0.851. The molecule has 1 rings (SSSR count). The number of hydrogen-bond acceptors (Lipinski definition) is 5. The van der Waals surface area contributed by atoms with Crippen LogP contribution in [-0.2, 0) is 4.74 Å². The molecule has 0 amide bonds. The van der Waals surface area contributed by atoms with E-state index in [-0.39, 0.29) is 6.61 Å². The van der Waals surface area contributed by atoms with E-state index >= 15 is 0 Å². The minimum Gasteiger partial charge on any atom is -0.434 e. The topological polar surface area (TPSA) is 61.6 Å². The van der Waals surface area contributed by atoms with Crippen molar-refractivity contribution in [1.82, 2.24) is 5.16 Å². The first-order valence-electron chi connectivity index (χ1n) is 3.92. The number of carbonyl (C=O) groups is 1. The van der Waals surface area contributed by atoms with Gasteiger partial charge in [-0.2, -0.15) is 0 Å². The molecule has 0 aliphatic heterocycles. The second-order valence-electron chi connectivity index (χ2n) is 2.44. The van der Waals surface area contributed by atoms with Crippen molar-refractivity contribution in [3.63, 3.8) is 0 Å². The number of hydrogen-bond donors (Lipinski definition) is 0. The van der Waals surface area contributed by atoms with Crippen LogP contribution in [0.1, 0.15) is 18.4 Å². The Balaban J connectivity index is 2.68. The number of nitrogens with zero attached hydrogens (tertiary/aromatic N) is 1. The van der Waals surface area contributed by atoms with Crippen LogP contribution in [0.4, 0.5) is 4.79 Å². The molecule has 13 heavy (non-hydrogen) atoms. The Morgan fingerprint density at radius 1 is 1.54 bits per heavy atom. The van der Waals surface area contributed by atoms with Gasteiger partial charge >= 0.3 is 6.16 Å². The third-order valence-electron chi connectivity index (χ3n) is 1.42. The van der Waals surface area contributed by atoms with Gasteiger partial charge in [0, 0.05) is 6.92 Å². The van der Waals surface area contributed by atoms with Gasteiger partial charge in [-0.15, -0.1) is 0 Å². The molecule has 0 N–H and O–H groups in total. The van der Waals surface area contributed by atoms with Crippen LogP contribution < -0.4 is 4.74 Å². The van der Waals surface area contributed by atoms with Crippen molar-refractivity contribution in [3.05, 3.63) is 11.5 Å². The largest absolute Gasteiger partial charge is 0.514 e. The summed E-state index contributed by atoms with van der Waals surface area (Å²) in [6.45, 7) is 5.33. The number of rotatable bonds is 2. The smallest absolute Gasteiger partial charge is 0.434 e. The molecule has 0 bridgehead atoms. The molecule has 0 aliphatic rings. The molecule has 5 nitrogen and oxygen atoms in total. The zero-order chi connectivity index (χ0) is 9.84. The Bertz CT molecular complexity index is 286. The molecule has 0 unspecified atom stereocenters. The molecule has 0 aromatic carbocycles. The van der Waals surface area contributed by atoms with Crippen LogP contribution in [0.5, 0.6) is 5.75 Å². The molecule has 1 aromatic rings. The summed E-state index contributed by atoms with van der Waals surface area (Å²) < 4.78 is 14.2. The summed E-state index contributed by atoms with van der Waals surface area (Å²) >= 11 is 0. The molecular weight excluding hydrogens is 174 g/mol. The third kappa shape index (κ3) is 2.21. The molecule has 0 spiro atoms. The Hall–Kier alpha value is -1.52. The maximum atomic E-state index is 10.9. The first kappa shape index (κ1) is 9.57. The highest BCUT2D eigenvalue weighted by atomic mass is 16.7. The molecule has 0 atom stereocenters. The normalized spacial score (nSPS) is 9.77. The third-order valence-corrected chi connectivity index (χ3v) is 1.42. The van der Waals surface area contributed by atoms with Gasteiger partial charge in [0.15, 0.2) is 11.5 Å². The van der Waals surface area contributed by atoms with Gasteiger partial charge in [-0.1, -0.05) is 5.16 Å². The second-order valence-corrected chi connectivity index (χ2v) is 2.44. The van der Waals surface area contributed by atoms with Crippen molar-refractivity contribution in [2.45, 2.75) is 20.8 Å². The summed E-state index contributed by atoms with van der Waals surface area (Å²) in [6, 6.07) is 0. The van der Waals surface area contributed by atoms with Crippen molar-refractivity contribution in [3.8, 4) is 5.75 Å². The molecule has 0 aliphatic carbocycles. The highest BCUT2D eigenvalue weighted by Gasteiger charge is 2.14. The fourth-order valence-corrected chi connectivity index (χ4v) is 0.851. The Morgan fingerprint density at radius 2 is 2.23 bits per heavy atom. The van der Waals surface area contributed by atoms with E-state index < -0.39 is 6.16 Å². The lowest BCUT2D eigenvalue weighted by atomic mass is 10.4. The number of carbonyl (C=O) groups excluding carboxylic acids is 1. The predicted octanol–water partition coefficient (Wildman–Crippen LogP) is 1.83. The Morgan fingerprint density at radius 3 is 2.69 bits per heavy atom. The lowest BCUT2D eigenvalue weighted by molar-refractivity contribution is 0.103. The molecule has 0 radical (unpaired) electrons. The van der Waals surface area contributed by atoms with Gasteiger partial charge in [-0.25, -0.2) is 4.79 Å². The first-order chi connectivity index (χ1) is 6.15. The lowest BCUT2D eigenvalue weighted by Crippen LogP contribution is -2.10. The zero-order valence-corrected chi connectivity index (χ0v) is 7.79. The molecule has 5 heteroatoms. The second kappa shape index (κ2) is 3.93. The maximum absolute atomic E-state index is 10.9. The van der Waals surface area contributed by atoms with E-state index in [1.807, 2.05) is 0 Å². The summed E-state index contributed by atoms with van der Waals surface area (Å²) in [5.74, 6) is 0.795. The lowest BCUT2D eigenvalue weighted by Gasteiger charge is -2.01. The standard InChI is InChI=1S/C8H11NO4/c1-4-11-8(10)12-7-5(2)9-13-6(7)3/h4H2,1-3H3. The van der Waals surface area contributed by atoms with Crippen LogP contribution >= 0.6 is 0 Å². The van der Waals surface area contributed by atoms with Crippen LogP contribution in [0.25, 0.3) is 0 Å². The predicted molar refractivity (Wildman–Crippen MR) is 43.6 cm³/mol. The van der Waals surface area contributed by atoms with Gasteiger partial charge in [0.2, 0.25) is 0 Å². The monoisotopic (exact) mass is 185 g/mol. The van der Waals surface area contributed by atoms with E-state index in [1.165, 1.54) is 0 Å². The quantitative estimate of drug-likeness (QED) is 0.657. The molecule has 1 heterocycles. The molecule has 0 saturated heterocycles. The fraction of sp³-hybridized carbons (Fsp3) is 0.500. The molecule has 72 valence electrons. The van der Waals surface area contributed by atoms with Gasteiger partial charge < -0.3 is 14.0 Å². The highest BCUT2D eigenvalue weighted by molar-refractivity contribution is 5.64. The summed E-state index contributed by atoms with van der Waals surface area (Å²) in [5, 5.41) is 3.62. The van der Waals surface area contributed by atoms with Gasteiger partial charge in [0.25, 0.3) is 0 Å². The van der Waals surface area contributed by atoms with E-state index in [1.54, 1.807) is 20.8 Å². The van der Waals surface area contributed by atoms with Gasteiger partial charge in [0.05, 0.1) is 6.61 Å². The number of aryl methyl sites for hydroxylation is 2. The molecule has 0 saturated carbocycles. The van der Waals surface area contributed by atoms with Crippen LogP contribution in [-0.4, -0.2) is 17.9 Å². The Labute approximate surface area is 75.6 Å². The van der Waals surface area contributed by atoms with Crippen LogP contribution in [0.15, 0.2) is 4.52 Å². The molecule has 0 fully saturated rings.